The Hall–Kier alpha value is -3.88. The number of ether oxygens (including phenoxy) is 2. The number of hydrogen-bond donors (Lipinski definition) is 0. The van der Waals surface area contributed by atoms with Crippen LogP contribution in [0.2, 0.25) is 0 Å². The summed E-state index contributed by atoms with van der Waals surface area (Å²) < 4.78 is 26.3. The molecule has 0 radical (unpaired) electrons. The molecule has 0 atom stereocenters. The van der Waals surface area contributed by atoms with Gasteiger partial charge in [0.25, 0.3) is 8.01 Å². The Bertz CT molecular complexity index is 1760. The van der Waals surface area contributed by atoms with Crippen molar-refractivity contribution < 1.29 is 17.9 Å². The van der Waals surface area contributed by atoms with Gasteiger partial charge >= 0.3 is 0 Å². The van der Waals surface area contributed by atoms with E-state index >= 15 is 0 Å². The van der Waals surface area contributed by atoms with Crippen LogP contribution in [0.4, 0.5) is 0 Å². The van der Waals surface area contributed by atoms with Crippen LogP contribution in [0.15, 0.2) is 99.4 Å². The molecule has 0 saturated carbocycles. The van der Waals surface area contributed by atoms with Crippen molar-refractivity contribution in [1.29, 1.82) is 0 Å². The van der Waals surface area contributed by atoms with E-state index in [1.807, 2.05) is 12.1 Å². The molecule has 0 spiro atoms. The molecule has 4 nitrogen and oxygen atoms in total. The summed E-state index contributed by atoms with van der Waals surface area (Å²) in [5.74, 6) is 1.63. The standard InChI is InChI=1S/C35H33O4P/c1-2-4-10-22-36-27-18-21-30(37-23-11-5-3-1)33(24-27)40-38-31-19-16-25-12-6-8-14-28(25)34(31)35-29-15-9-7-13-26(29)17-20-32(35)39-40/h6-9,12-21,24H,1-5,10-11,22-23H2. The topological polar surface area (TPSA) is 44.7 Å². The van der Waals surface area contributed by atoms with Crippen LogP contribution in [0.3, 0.4) is 0 Å². The molecule has 0 N–H and O–H groups in total. The lowest BCUT2D eigenvalue weighted by Crippen LogP contribution is -1.99. The molecule has 0 unspecified atom stereocenters. The molecule has 8 rings (SSSR count). The first-order valence-corrected chi connectivity index (χ1v) is 15.6. The highest BCUT2D eigenvalue weighted by atomic mass is 31.1. The predicted octanol–water partition coefficient (Wildman–Crippen LogP) is 11.1. The van der Waals surface area contributed by atoms with Crippen LogP contribution in [-0.2, 0) is 0 Å². The minimum atomic E-state index is -1.55. The molecule has 0 saturated heterocycles. The van der Waals surface area contributed by atoms with Crippen molar-refractivity contribution in [3.05, 3.63) is 91.0 Å². The van der Waals surface area contributed by atoms with Gasteiger partial charge in [0.15, 0.2) is 0 Å². The van der Waals surface area contributed by atoms with E-state index in [2.05, 4.69) is 78.9 Å². The van der Waals surface area contributed by atoms with E-state index in [4.69, 9.17) is 17.9 Å². The van der Waals surface area contributed by atoms with Crippen LogP contribution < -0.4 is 9.47 Å². The van der Waals surface area contributed by atoms with Crippen molar-refractivity contribution in [2.24, 2.45) is 0 Å². The highest BCUT2D eigenvalue weighted by Crippen LogP contribution is 2.50. The van der Waals surface area contributed by atoms with Gasteiger partial charge in [-0.05, 0) is 58.7 Å². The molecule has 2 aliphatic heterocycles. The number of hydrogen-bond acceptors (Lipinski definition) is 4. The van der Waals surface area contributed by atoms with E-state index in [0.717, 1.165) is 62.4 Å². The zero-order chi connectivity index (χ0) is 26.7. The molecule has 0 amide bonds. The van der Waals surface area contributed by atoms with Crippen molar-refractivity contribution >= 4 is 51.5 Å². The van der Waals surface area contributed by atoms with Crippen molar-refractivity contribution in [2.75, 3.05) is 13.2 Å². The summed E-state index contributed by atoms with van der Waals surface area (Å²) in [6, 6.07) is 31.5. The number of benzene rings is 5. The van der Waals surface area contributed by atoms with Gasteiger partial charge in [0, 0.05) is 16.8 Å². The van der Waals surface area contributed by atoms with E-state index in [-0.39, 0.29) is 0 Å². The number of rotatable bonds is 1. The minimum Gasteiger partial charge on any atom is -0.494 e. The first-order valence-electron chi connectivity index (χ1n) is 14.4. The van der Waals surface area contributed by atoms with E-state index in [9.17, 15) is 0 Å². The summed E-state index contributed by atoms with van der Waals surface area (Å²) in [6.45, 7) is 1.39. The van der Waals surface area contributed by atoms with Gasteiger partial charge in [-0.2, -0.15) is 0 Å². The van der Waals surface area contributed by atoms with Crippen LogP contribution in [0.1, 0.15) is 44.9 Å². The van der Waals surface area contributed by atoms with Gasteiger partial charge < -0.3 is 17.9 Å². The van der Waals surface area contributed by atoms with Crippen molar-refractivity contribution in [3.63, 3.8) is 0 Å². The Morgan fingerprint density at radius 3 is 1.68 bits per heavy atom. The second-order valence-corrected chi connectivity index (χ2v) is 11.9. The lowest BCUT2D eigenvalue weighted by molar-refractivity contribution is 0.302. The maximum atomic E-state index is 6.85. The molecule has 0 aliphatic carbocycles. The molecular formula is C35H33O4P. The van der Waals surface area contributed by atoms with Crippen LogP contribution >= 0.6 is 8.01 Å². The molecule has 6 aromatic rings. The van der Waals surface area contributed by atoms with Gasteiger partial charge in [-0.25, -0.2) is 0 Å². The fourth-order valence-corrected chi connectivity index (χ4v) is 7.23. The highest BCUT2D eigenvalue weighted by molar-refractivity contribution is 7.45. The van der Waals surface area contributed by atoms with Gasteiger partial charge in [-0.3, -0.25) is 0 Å². The fraction of sp³-hybridized carbons (Fsp3) is 0.257. The zero-order valence-corrected chi connectivity index (χ0v) is 23.5. The molecular weight excluding hydrogens is 515 g/mol. The van der Waals surface area contributed by atoms with Crippen molar-refractivity contribution in [1.82, 2.24) is 0 Å². The monoisotopic (exact) mass is 548 g/mol. The van der Waals surface area contributed by atoms with Crippen LogP contribution in [0.25, 0.3) is 48.8 Å². The molecule has 2 bridgehead atoms. The summed E-state index contributed by atoms with van der Waals surface area (Å²) in [7, 11) is -1.55. The molecule has 5 aromatic carbocycles. The highest BCUT2D eigenvalue weighted by Gasteiger charge is 2.18. The van der Waals surface area contributed by atoms with Crippen LogP contribution in [0, 0.1) is 0 Å². The minimum absolute atomic E-state index is 0.679. The van der Waals surface area contributed by atoms with E-state index in [1.165, 1.54) is 42.9 Å². The van der Waals surface area contributed by atoms with Gasteiger partial charge in [0.05, 0.1) is 13.2 Å². The first-order chi connectivity index (χ1) is 19.8. The largest absolute Gasteiger partial charge is 0.494 e. The molecule has 5 heteroatoms. The van der Waals surface area contributed by atoms with Gasteiger partial charge in [0.1, 0.15) is 28.0 Å². The van der Waals surface area contributed by atoms with Crippen molar-refractivity contribution in [2.45, 2.75) is 44.9 Å². The third kappa shape index (κ3) is 4.93. The normalized spacial score (nSPS) is 15.0. The maximum absolute atomic E-state index is 6.85. The Morgan fingerprint density at radius 2 is 1.05 bits per heavy atom. The summed E-state index contributed by atoms with van der Waals surface area (Å²) >= 11 is 0. The second kappa shape index (κ2) is 11.3. The van der Waals surface area contributed by atoms with Crippen LogP contribution in [0.5, 0.6) is 11.5 Å². The molecule has 40 heavy (non-hydrogen) atoms. The fourth-order valence-electron chi connectivity index (χ4n) is 5.78. The van der Waals surface area contributed by atoms with E-state index in [0.29, 0.717) is 13.2 Å². The van der Waals surface area contributed by atoms with E-state index < -0.39 is 8.01 Å². The summed E-state index contributed by atoms with van der Waals surface area (Å²) in [5.41, 5.74) is 1.64. The molecule has 202 valence electrons. The maximum Gasteiger partial charge on any atom is 0.256 e. The Labute approximate surface area is 235 Å². The SMILES string of the molecule is c1ccc2c(c1)ccc1op(-c3cc4ccc3OCCCCCCCCCO4)oc3ccc4ccccc4c3c12. The molecule has 3 heterocycles. The summed E-state index contributed by atoms with van der Waals surface area (Å²) in [6.07, 6.45) is 8.30. The zero-order valence-electron chi connectivity index (χ0n) is 22.6. The molecule has 0 fully saturated rings. The molecule has 1 aromatic heterocycles. The first kappa shape index (κ1) is 25.1. The van der Waals surface area contributed by atoms with Gasteiger partial charge in [-0.1, -0.05) is 92.8 Å². The Morgan fingerprint density at radius 1 is 0.500 bits per heavy atom. The quantitative estimate of drug-likeness (QED) is 0.205. The second-order valence-electron chi connectivity index (χ2n) is 10.6. The predicted molar refractivity (Wildman–Crippen MR) is 166 cm³/mol. The smallest absolute Gasteiger partial charge is 0.256 e. The van der Waals surface area contributed by atoms with Crippen molar-refractivity contribution in [3.8, 4) is 16.8 Å². The van der Waals surface area contributed by atoms with E-state index in [1.54, 1.807) is 0 Å². The summed E-state index contributed by atoms with van der Waals surface area (Å²) in [5, 5.41) is 7.70. The Kier molecular flexibility index (Phi) is 7.10. The average Bonchev–Trinajstić information content (AvgIpc) is 3.18. The van der Waals surface area contributed by atoms with Crippen LogP contribution in [-0.4, -0.2) is 13.2 Å². The number of fused-ring (bicyclic) bond motifs is 19. The van der Waals surface area contributed by atoms with Gasteiger partial charge in [0.2, 0.25) is 0 Å². The lowest BCUT2D eigenvalue weighted by atomic mass is 9.99. The Balaban J connectivity index is 1.50. The molecule has 2 aliphatic rings. The lowest BCUT2D eigenvalue weighted by Gasteiger charge is -2.12. The summed E-state index contributed by atoms with van der Waals surface area (Å²) in [4.78, 5) is 0. The average molecular weight is 549 g/mol. The van der Waals surface area contributed by atoms with Gasteiger partial charge in [-0.15, -0.1) is 0 Å². The third-order valence-corrected chi connectivity index (χ3v) is 9.30. The third-order valence-electron chi connectivity index (χ3n) is 7.84.